The summed E-state index contributed by atoms with van der Waals surface area (Å²) in [5.74, 6) is 2.01. The monoisotopic (exact) mass is 674 g/mol. The Morgan fingerprint density at radius 1 is 0.471 bits per heavy atom. The van der Waals surface area contributed by atoms with Crippen LogP contribution in [0.3, 0.4) is 0 Å². The number of pyridine rings is 1. The molecule has 0 saturated heterocycles. The summed E-state index contributed by atoms with van der Waals surface area (Å²) in [5, 5.41) is 0. The van der Waals surface area contributed by atoms with Gasteiger partial charge in [0.25, 0.3) is 0 Å². The van der Waals surface area contributed by atoms with Crippen molar-refractivity contribution < 1.29 is 0 Å². The van der Waals surface area contributed by atoms with Crippen LogP contribution in [0, 0.1) is 0 Å². The van der Waals surface area contributed by atoms with E-state index in [0.717, 1.165) is 75.9 Å². The van der Waals surface area contributed by atoms with Gasteiger partial charge in [0.05, 0.1) is 5.69 Å². The minimum atomic E-state index is 0.654. The van der Waals surface area contributed by atoms with Gasteiger partial charge in [0.15, 0.2) is 17.5 Å². The first-order chi connectivity index (χ1) is 25.2. The summed E-state index contributed by atoms with van der Waals surface area (Å²) in [5.41, 5.74) is 12.0. The fourth-order valence-corrected chi connectivity index (χ4v) is 7.95. The molecule has 0 amide bonds. The molecular weight excluding hydrogens is 641 g/mol. The van der Waals surface area contributed by atoms with E-state index in [1.54, 1.807) is 0 Å². The van der Waals surface area contributed by atoms with Crippen molar-refractivity contribution in [3.05, 3.63) is 168 Å². The molecule has 0 unspecified atom stereocenters. The molecule has 244 valence electrons. The number of allylic oxidation sites excluding steroid dienone is 5. The highest BCUT2D eigenvalue weighted by Gasteiger charge is 2.17. The van der Waals surface area contributed by atoms with Crippen molar-refractivity contribution in [3.63, 3.8) is 0 Å². The number of benzene rings is 4. The lowest BCUT2D eigenvalue weighted by Gasteiger charge is -2.14. The van der Waals surface area contributed by atoms with Crippen LogP contribution in [0.5, 0.6) is 0 Å². The minimum Gasteiger partial charge on any atom is -0.256 e. The molecule has 0 aliphatic heterocycles. The Kier molecular flexibility index (Phi) is 8.32. The number of hydrogen-bond acceptors (Lipinski definition) is 5. The van der Waals surface area contributed by atoms with Gasteiger partial charge in [0.2, 0.25) is 0 Å². The number of rotatable bonds is 7. The number of fused-ring (bicyclic) bond motifs is 1. The van der Waals surface area contributed by atoms with Gasteiger partial charge in [0.1, 0.15) is 0 Å². The van der Waals surface area contributed by atoms with Crippen LogP contribution in [-0.4, -0.2) is 19.9 Å². The summed E-state index contributed by atoms with van der Waals surface area (Å²) in [4.78, 5) is 22.5. The maximum absolute atomic E-state index is 5.12. The summed E-state index contributed by atoms with van der Waals surface area (Å²) in [6.07, 6.45) is 17.2. The molecule has 2 aliphatic carbocycles. The first-order valence-electron chi connectivity index (χ1n) is 17.5. The first kappa shape index (κ1) is 31.0. The van der Waals surface area contributed by atoms with Gasteiger partial charge in [-0.15, -0.1) is 11.3 Å². The molecule has 9 rings (SSSR count). The van der Waals surface area contributed by atoms with Crippen molar-refractivity contribution in [2.24, 2.45) is 0 Å². The van der Waals surface area contributed by atoms with Crippen molar-refractivity contribution in [1.29, 1.82) is 0 Å². The quantitative estimate of drug-likeness (QED) is 0.169. The molecule has 0 spiro atoms. The lowest BCUT2D eigenvalue weighted by Crippen LogP contribution is -2.03. The fraction of sp³-hybridized carbons (Fsp3) is 0.0870. The smallest absolute Gasteiger partial charge is 0.164 e. The minimum absolute atomic E-state index is 0.654. The molecule has 7 aromatic rings. The van der Waals surface area contributed by atoms with E-state index in [-0.39, 0.29) is 0 Å². The molecule has 51 heavy (non-hydrogen) atoms. The molecular formula is C46H34N4S. The van der Waals surface area contributed by atoms with Gasteiger partial charge in [-0.3, -0.25) is 4.98 Å². The van der Waals surface area contributed by atoms with E-state index in [4.69, 9.17) is 15.0 Å². The normalized spacial score (nSPS) is 13.5. The average Bonchev–Trinajstić information content (AvgIpc) is 3.66. The summed E-state index contributed by atoms with van der Waals surface area (Å²) in [6, 6.07) is 42.8. The van der Waals surface area contributed by atoms with Gasteiger partial charge in [-0.1, -0.05) is 109 Å². The number of aryl methyl sites for hydroxylation is 1. The molecule has 2 aliphatic rings. The van der Waals surface area contributed by atoms with Gasteiger partial charge in [0, 0.05) is 38.2 Å². The summed E-state index contributed by atoms with van der Waals surface area (Å²) >= 11 is 1.91. The Bertz CT molecular complexity index is 2460. The molecule has 0 N–H and O–H groups in total. The van der Waals surface area contributed by atoms with Crippen molar-refractivity contribution in [3.8, 4) is 66.7 Å². The SMILES string of the molecule is C1=CC(c2nc(-c3ccccc3)nc(-c3cc(-c4ccc(-c5ccccn5)cc4)cc(-c4cccc(-c5cc6c(s5)CCC=C6)c4)c3)n2)=CCC1. The topological polar surface area (TPSA) is 51.6 Å². The molecule has 4 nitrogen and oxygen atoms in total. The van der Waals surface area contributed by atoms with E-state index in [0.29, 0.717) is 17.5 Å². The van der Waals surface area contributed by atoms with Gasteiger partial charge >= 0.3 is 0 Å². The van der Waals surface area contributed by atoms with Crippen molar-refractivity contribution in [2.75, 3.05) is 0 Å². The molecule has 3 aromatic heterocycles. The summed E-state index contributed by atoms with van der Waals surface area (Å²) < 4.78 is 0. The summed E-state index contributed by atoms with van der Waals surface area (Å²) in [6.45, 7) is 0. The van der Waals surface area contributed by atoms with E-state index in [2.05, 4.69) is 120 Å². The van der Waals surface area contributed by atoms with Crippen molar-refractivity contribution in [2.45, 2.75) is 25.7 Å². The van der Waals surface area contributed by atoms with Gasteiger partial charge < -0.3 is 0 Å². The van der Waals surface area contributed by atoms with Gasteiger partial charge in [-0.2, -0.15) is 0 Å². The number of hydrogen-bond donors (Lipinski definition) is 0. The maximum atomic E-state index is 5.12. The first-order valence-corrected chi connectivity index (χ1v) is 18.3. The molecule has 0 atom stereocenters. The Labute approximate surface area is 302 Å². The molecule has 0 fully saturated rings. The van der Waals surface area contributed by atoms with Crippen LogP contribution < -0.4 is 0 Å². The lowest BCUT2D eigenvalue weighted by atomic mass is 9.94. The largest absolute Gasteiger partial charge is 0.256 e. The van der Waals surface area contributed by atoms with E-state index >= 15 is 0 Å². The predicted molar refractivity (Wildman–Crippen MR) is 212 cm³/mol. The highest BCUT2D eigenvalue weighted by molar-refractivity contribution is 7.15. The third kappa shape index (κ3) is 6.52. The molecule has 0 saturated carbocycles. The van der Waals surface area contributed by atoms with Gasteiger partial charge in [-0.25, -0.2) is 15.0 Å². The van der Waals surface area contributed by atoms with E-state index in [1.807, 2.05) is 53.9 Å². The highest BCUT2D eigenvalue weighted by atomic mass is 32.1. The van der Waals surface area contributed by atoms with Crippen LogP contribution in [0.15, 0.2) is 152 Å². The molecule has 0 bridgehead atoms. The van der Waals surface area contributed by atoms with Crippen LogP contribution in [0.1, 0.15) is 35.5 Å². The Hall–Kier alpha value is -6.04. The van der Waals surface area contributed by atoms with E-state index in [9.17, 15) is 0 Å². The van der Waals surface area contributed by atoms with Gasteiger partial charge in [-0.05, 0) is 102 Å². The van der Waals surface area contributed by atoms with Crippen LogP contribution >= 0.6 is 11.3 Å². The summed E-state index contributed by atoms with van der Waals surface area (Å²) in [7, 11) is 0. The average molecular weight is 675 g/mol. The number of thiophene rings is 1. The standard InChI is InChI=1S/C46H34N4S/c1-3-12-33(13-4-1)44-48-45(34-14-5-2-6-15-34)50-46(49-44)40-28-38(31-21-23-32(24-22-31)41-19-9-10-25-47-41)27-39(29-40)35-17-11-18-36(26-35)43-30-37-16-7-8-20-42(37)51-43/h1,3-5,7,9-19,21-30H,2,6,8,20H2. The van der Waals surface area contributed by atoms with Crippen LogP contribution in [0.2, 0.25) is 0 Å². The Morgan fingerprint density at radius 3 is 1.94 bits per heavy atom. The van der Waals surface area contributed by atoms with Crippen LogP contribution in [-0.2, 0) is 6.42 Å². The second kappa shape index (κ2) is 13.7. The van der Waals surface area contributed by atoms with E-state index < -0.39 is 0 Å². The zero-order chi connectivity index (χ0) is 34.0. The van der Waals surface area contributed by atoms with Crippen LogP contribution in [0.4, 0.5) is 0 Å². The van der Waals surface area contributed by atoms with Crippen molar-refractivity contribution >= 4 is 23.0 Å². The van der Waals surface area contributed by atoms with Crippen LogP contribution in [0.25, 0.3) is 78.4 Å². The number of nitrogens with zero attached hydrogens (tertiary/aromatic N) is 4. The lowest BCUT2D eigenvalue weighted by molar-refractivity contribution is 1.01. The molecule has 0 radical (unpaired) electrons. The molecule has 3 heterocycles. The molecule has 5 heteroatoms. The highest BCUT2D eigenvalue weighted by Crippen LogP contribution is 2.39. The third-order valence-electron chi connectivity index (χ3n) is 9.45. The third-order valence-corrected chi connectivity index (χ3v) is 10.7. The number of aromatic nitrogens is 4. The second-order valence-electron chi connectivity index (χ2n) is 12.9. The zero-order valence-electron chi connectivity index (χ0n) is 28.0. The Balaban J connectivity index is 1.20. The van der Waals surface area contributed by atoms with E-state index in [1.165, 1.54) is 20.9 Å². The fourth-order valence-electron chi connectivity index (χ4n) is 6.78. The maximum Gasteiger partial charge on any atom is 0.164 e. The van der Waals surface area contributed by atoms with Crippen molar-refractivity contribution in [1.82, 2.24) is 19.9 Å². The Morgan fingerprint density at radius 2 is 1.16 bits per heavy atom. The predicted octanol–water partition coefficient (Wildman–Crippen LogP) is 12.0. The molecule has 4 aromatic carbocycles. The second-order valence-corrected chi connectivity index (χ2v) is 14.1. The zero-order valence-corrected chi connectivity index (χ0v) is 28.9.